The number of allylic oxidation sites excluding steroid dienone is 1. The van der Waals surface area contributed by atoms with Crippen LogP contribution in [-0.2, 0) is 4.74 Å². The Balaban J connectivity index is 1.47. The molecule has 220 valence electrons. The molecule has 0 spiro atoms. The number of alkyl halides is 3. The van der Waals surface area contributed by atoms with Gasteiger partial charge in [-0.3, -0.25) is 0 Å². The maximum atomic E-state index is 15.3. The van der Waals surface area contributed by atoms with Crippen molar-refractivity contribution in [3.63, 3.8) is 0 Å². The normalized spacial score (nSPS) is 19.1. The lowest BCUT2D eigenvalue weighted by Gasteiger charge is -2.23. The Morgan fingerprint density at radius 3 is 2.33 bits per heavy atom. The molecule has 6 rings (SSSR count). The van der Waals surface area contributed by atoms with Crippen molar-refractivity contribution in [2.24, 2.45) is 0 Å². The molecule has 42 heavy (non-hydrogen) atoms. The molecule has 9 heteroatoms. The molecular weight excluding hydrogens is 546 g/mol. The van der Waals surface area contributed by atoms with Gasteiger partial charge in [0.05, 0.1) is 17.3 Å². The summed E-state index contributed by atoms with van der Waals surface area (Å²) in [5, 5.41) is 4.34. The van der Waals surface area contributed by atoms with E-state index in [-0.39, 0.29) is 23.3 Å². The SMILES string of the molecule is Fc1nn(C2CCCCO2)c2ccc(/C(=C(\CC(F)(F)F)c3ccccc3)c3ccc(OC4CCCCC4)nc3)cc12. The summed E-state index contributed by atoms with van der Waals surface area (Å²) in [6, 6.07) is 17.0. The zero-order valence-corrected chi connectivity index (χ0v) is 23.2. The van der Waals surface area contributed by atoms with Crippen LogP contribution in [0.25, 0.3) is 22.0 Å². The second kappa shape index (κ2) is 12.3. The van der Waals surface area contributed by atoms with Crippen molar-refractivity contribution in [3.8, 4) is 5.88 Å². The number of ether oxygens (including phenoxy) is 2. The molecule has 1 saturated heterocycles. The summed E-state index contributed by atoms with van der Waals surface area (Å²) >= 11 is 0. The molecule has 2 fully saturated rings. The predicted octanol–water partition coefficient (Wildman–Crippen LogP) is 8.89. The molecule has 1 aliphatic heterocycles. The number of nitrogens with zero attached hydrogens (tertiary/aromatic N) is 3. The van der Waals surface area contributed by atoms with Gasteiger partial charge >= 0.3 is 6.18 Å². The van der Waals surface area contributed by atoms with E-state index in [1.54, 1.807) is 71.5 Å². The Morgan fingerprint density at radius 1 is 0.881 bits per heavy atom. The number of aromatic nitrogens is 3. The monoisotopic (exact) mass is 579 g/mol. The van der Waals surface area contributed by atoms with E-state index < -0.39 is 18.5 Å². The first-order chi connectivity index (χ1) is 20.4. The average molecular weight is 580 g/mol. The highest BCUT2D eigenvalue weighted by Gasteiger charge is 2.32. The number of hydrogen-bond acceptors (Lipinski definition) is 4. The summed E-state index contributed by atoms with van der Waals surface area (Å²) in [6.07, 6.45) is 3.55. The standard InChI is InChI=1S/C33H33F4N3O2/c34-32-26-19-23(14-16-28(26)40(39-32)30-13-7-8-18-41-30)31(27(20-33(35,36)37)22-9-3-1-4-10-22)24-15-17-29(38-21-24)42-25-11-5-2-6-12-25/h1,3-4,9-10,14-17,19,21,25,30H,2,5-8,11-13,18,20H2/b31-27-. The third kappa shape index (κ3) is 6.36. The van der Waals surface area contributed by atoms with Gasteiger partial charge in [0.15, 0.2) is 6.23 Å². The smallest absolute Gasteiger partial charge is 0.393 e. The average Bonchev–Trinajstić information content (AvgIpc) is 3.34. The van der Waals surface area contributed by atoms with Crippen molar-refractivity contribution in [1.29, 1.82) is 0 Å². The van der Waals surface area contributed by atoms with Crippen LogP contribution in [0.15, 0.2) is 66.9 Å². The molecule has 2 aliphatic rings. The van der Waals surface area contributed by atoms with Gasteiger partial charge in [0.1, 0.15) is 6.10 Å². The van der Waals surface area contributed by atoms with E-state index in [9.17, 15) is 13.2 Å². The molecule has 0 amide bonds. The minimum Gasteiger partial charge on any atom is -0.474 e. The lowest BCUT2D eigenvalue weighted by molar-refractivity contribution is -0.122. The lowest BCUT2D eigenvalue weighted by Crippen LogP contribution is -2.20. The van der Waals surface area contributed by atoms with Gasteiger partial charge in [0, 0.05) is 24.4 Å². The van der Waals surface area contributed by atoms with Crippen molar-refractivity contribution >= 4 is 22.0 Å². The third-order valence-electron chi connectivity index (χ3n) is 8.04. The van der Waals surface area contributed by atoms with Crippen LogP contribution >= 0.6 is 0 Å². The molecule has 1 atom stereocenters. The van der Waals surface area contributed by atoms with Crippen molar-refractivity contribution < 1.29 is 27.0 Å². The Kier molecular flexibility index (Phi) is 8.29. The second-order valence-corrected chi connectivity index (χ2v) is 11.1. The molecule has 2 aromatic heterocycles. The highest BCUT2D eigenvalue weighted by Crippen LogP contribution is 2.41. The summed E-state index contributed by atoms with van der Waals surface area (Å²) in [4.78, 5) is 4.49. The van der Waals surface area contributed by atoms with Gasteiger partial charge in [-0.15, -0.1) is 5.10 Å². The van der Waals surface area contributed by atoms with Crippen molar-refractivity contribution in [2.75, 3.05) is 6.61 Å². The summed E-state index contributed by atoms with van der Waals surface area (Å²) < 4.78 is 70.9. The van der Waals surface area contributed by atoms with Crippen LogP contribution in [0.1, 0.15) is 80.7 Å². The fraction of sp³-hybridized carbons (Fsp3) is 0.394. The van der Waals surface area contributed by atoms with Gasteiger partial charge < -0.3 is 9.47 Å². The number of hydrogen-bond donors (Lipinski definition) is 0. The van der Waals surface area contributed by atoms with Gasteiger partial charge in [-0.2, -0.15) is 17.6 Å². The van der Waals surface area contributed by atoms with Crippen molar-refractivity contribution in [3.05, 3.63) is 89.5 Å². The summed E-state index contributed by atoms with van der Waals surface area (Å²) in [5.74, 6) is -0.246. The van der Waals surface area contributed by atoms with E-state index in [4.69, 9.17) is 9.47 Å². The van der Waals surface area contributed by atoms with E-state index in [0.29, 0.717) is 46.7 Å². The third-order valence-corrected chi connectivity index (χ3v) is 8.04. The van der Waals surface area contributed by atoms with Gasteiger partial charge in [-0.1, -0.05) is 42.8 Å². The van der Waals surface area contributed by atoms with Crippen LogP contribution in [-0.4, -0.2) is 33.7 Å². The minimum atomic E-state index is -4.48. The first-order valence-corrected chi connectivity index (χ1v) is 14.6. The van der Waals surface area contributed by atoms with Crippen molar-refractivity contribution in [2.45, 2.75) is 76.3 Å². The number of rotatable bonds is 7. The van der Waals surface area contributed by atoms with Crippen molar-refractivity contribution in [1.82, 2.24) is 14.8 Å². The van der Waals surface area contributed by atoms with Crippen LogP contribution < -0.4 is 4.74 Å². The summed E-state index contributed by atoms with van der Waals surface area (Å²) in [6.45, 7) is 0.573. The Morgan fingerprint density at radius 2 is 1.64 bits per heavy atom. The van der Waals surface area contributed by atoms with Gasteiger partial charge in [0.2, 0.25) is 11.8 Å². The molecule has 1 saturated carbocycles. The van der Waals surface area contributed by atoms with Gasteiger partial charge in [-0.25, -0.2) is 9.67 Å². The quantitative estimate of drug-likeness (QED) is 0.162. The highest BCUT2D eigenvalue weighted by atomic mass is 19.4. The lowest BCUT2D eigenvalue weighted by atomic mass is 9.88. The fourth-order valence-corrected chi connectivity index (χ4v) is 6.04. The number of fused-ring (bicyclic) bond motifs is 1. The molecule has 1 aliphatic carbocycles. The molecule has 3 heterocycles. The molecule has 1 unspecified atom stereocenters. The van der Waals surface area contributed by atoms with Crippen LogP contribution in [0.5, 0.6) is 5.88 Å². The van der Waals surface area contributed by atoms with Gasteiger partial charge in [-0.05, 0) is 85.4 Å². The van der Waals surface area contributed by atoms with Gasteiger partial charge in [0.25, 0.3) is 0 Å². The van der Waals surface area contributed by atoms with Crippen LogP contribution in [0.3, 0.4) is 0 Å². The fourth-order valence-electron chi connectivity index (χ4n) is 6.04. The van der Waals surface area contributed by atoms with Crippen LogP contribution in [0.4, 0.5) is 17.6 Å². The summed E-state index contributed by atoms with van der Waals surface area (Å²) in [5.41, 5.74) is 2.30. The summed E-state index contributed by atoms with van der Waals surface area (Å²) in [7, 11) is 0. The van der Waals surface area contributed by atoms with E-state index in [0.717, 1.165) is 38.5 Å². The van der Waals surface area contributed by atoms with Crippen LogP contribution in [0, 0.1) is 5.95 Å². The molecule has 0 N–H and O–H groups in total. The number of halogens is 4. The largest absolute Gasteiger partial charge is 0.474 e. The zero-order valence-electron chi connectivity index (χ0n) is 23.2. The maximum absolute atomic E-state index is 15.3. The predicted molar refractivity (Wildman–Crippen MR) is 153 cm³/mol. The molecule has 2 aromatic carbocycles. The number of pyridine rings is 1. The molecule has 5 nitrogen and oxygen atoms in total. The zero-order chi connectivity index (χ0) is 29.1. The molecule has 4 aromatic rings. The Hall–Kier alpha value is -3.72. The first kappa shape index (κ1) is 28.4. The molecule has 0 bridgehead atoms. The number of benzene rings is 2. The van der Waals surface area contributed by atoms with E-state index in [1.807, 2.05) is 0 Å². The van der Waals surface area contributed by atoms with Crippen LogP contribution in [0.2, 0.25) is 0 Å². The second-order valence-electron chi connectivity index (χ2n) is 11.1. The van der Waals surface area contributed by atoms with E-state index in [1.165, 1.54) is 6.42 Å². The highest BCUT2D eigenvalue weighted by molar-refractivity contribution is 6.00. The Labute approximate surface area is 242 Å². The Bertz CT molecular complexity index is 1540. The topological polar surface area (TPSA) is 49.2 Å². The molecule has 0 radical (unpaired) electrons. The maximum Gasteiger partial charge on any atom is 0.393 e. The van der Waals surface area contributed by atoms with E-state index in [2.05, 4.69) is 10.1 Å². The first-order valence-electron chi connectivity index (χ1n) is 14.6. The molecular formula is C33H33F4N3O2. The van der Waals surface area contributed by atoms with E-state index >= 15 is 4.39 Å². The minimum absolute atomic E-state index is 0.0774.